The summed E-state index contributed by atoms with van der Waals surface area (Å²) in [6, 6.07) is 11.5. The molecule has 2 aromatic rings. The van der Waals surface area contributed by atoms with Crippen LogP contribution in [0.2, 0.25) is 10.0 Å². The lowest BCUT2D eigenvalue weighted by atomic mass is 9.43. The molecule has 2 bridgehead atoms. The van der Waals surface area contributed by atoms with Crippen LogP contribution >= 0.6 is 23.2 Å². The fourth-order valence-electron chi connectivity index (χ4n) is 5.21. The Balaban J connectivity index is 1.07. The standard InChI is InChI=1S/C23H23Cl2FN2O3/c24-15-1-3-16(4-2-15)30-11-21(29)27-22-12-23(13-22,14-22)28-8-7-18(10-28)31-17-5-6-19(25)20(26)9-17/h1-6,9,18H,7-8,10-14H2,(H,27,29). The first-order valence-electron chi connectivity index (χ1n) is 10.4. The van der Waals surface area contributed by atoms with Gasteiger partial charge in [-0.3, -0.25) is 9.69 Å². The van der Waals surface area contributed by atoms with Gasteiger partial charge in [0.25, 0.3) is 5.91 Å². The van der Waals surface area contributed by atoms with E-state index >= 15 is 0 Å². The number of hydrogen-bond donors (Lipinski definition) is 1. The van der Waals surface area contributed by atoms with Gasteiger partial charge in [-0.25, -0.2) is 4.39 Å². The fourth-order valence-corrected chi connectivity index (χ4v) is 5.46. The first-order valence-corrected chi connectivity index (χ1v) is 11.2. The molecule has 0 aromatic heterocycles. The molecule has 1 N–H and O–H groups in total. The Labute approximate surface area is 190 Å². The SMILES string of the molecule is O=C(COc1ccc(Cl)cc1)NC12CC(N3CCC(Oc4ccc(Cl)c(F)c4)C3)(C1)C2. The predicted molar refractivity (Wildman–Crippen MR) is 116 cm³/mol. The van der Waals surface area contributed by atoms with Crippen LogP contribution in [0.4, 0.5) is 4.39 Å². The molecule has 2 aromatic carbocycles. The fraction of sp³-hybridized carbons (Fsp3) is 0.435. The van der Waals surface area contributed by atoms with E-state index in [2.05, 4.69) is 10.2 Å². The molecule has 4 aliphatic rings. The van der Waals surface area contributed by atoms with E-state index in [1.54, 1.807) is 30.3 Å². The lowest BCUT2D eigenvalue weighted by Crippen LogP contribution is -2.83. The van der Waals surface area contributed by atoms with Gasteiger partial charge in [0.15, 0.2) is 6.61 Å². The number of rotatable bonds is 7. The van der Waals surface area contributed by atoms with Crippen molar-refractivity contribution in [3.63, 3.8) is 0 Å². The summed E-state index contributed by atoms with van der Waals surface area (Å²) in [6.45, 7) is 1.76. The molecule has 1 atom stereocenters. The summed E-state index contributed by atoms with van der Waals surface area (Å²) in [5, 5.41) is 3.88. The maximum atomic E-state index is 13.6. The number of hydrogen-bond acceptors (Lipinski definition) is 4. The van der Waals surface area contributed by atoms with Crippen molar-refractivity contribution >= 4 is 29.1 Å². The van der Waals surface area contributed by atoms with Crippen molar-refractivity contribution in [3.05, 3.63) is 58.3 Å². The number of amides is 1. The average Bonchev–Trinajstić information content (AvgIpc) is 3.14. The largest absolute Gasteiger partial charge is 0.489 e. The van der Waals surface area contributed by atoms with E-state index in [1.165, 1.54) is 12.1 Å². The summed E-state index contributed by atoms with van der Waals surface area (Å²) < 4.78 is 25.1. The second-order valence-corrected chi connectivity index (χ2v) is 9.72. The van der Waals surface area contributed by atoms with E-state index < -0.39 is 5.82 Å². The molecule has 1 saturated heterocycles. The Bertz CT molecular complexity index is 981. The number of nitrogens with one attached hydrogen (secondary N) is 1. The second kappa shape index (κ2) is 7.84. The lowest BCUT2D eigenvalue weighted by Gasteiger charge is -2.73. The highest BCUT2D eigenvalue weighted by atomic mass is 35.5. The van der Waals surface area contributed by atoms with E-state index in [4.69, 9.17) is 32.7 Å². The molecule has 4 fully saturated rings. The zero-order valence-corrected chi connectivity index (χ0v) is 18.4. The van der Waals surface area contributed by atoms with Gasteiger partial charge in [-0.05, 0) is 62.1 Å². The minimum Gasteiger partial charge on any atom is -0.489 e. The van der Waals surface area contributed by atoms with Gasteiger partial charge in [0.2, 0.25) is 0 Å². The number of carbonyl (C=O) groups excluding carboxylic acids is 1. The number of benzene rings is 2. The van der Waals surface area contributed by atoms with Crippen LogP contribution in [-0.2, 0) is 4.79 Å². The zero-order chi connectivity index (χ0) is 21.6. The molecule has 8 heteroatoms. The van der Waals surface area contributed by atoms with Gasteiger partial charge in [-0.15, -0.1) is 0 Å². The van der Waals surface area contributed by atoms with Crippen LogP contribution in [0.5, 0.6) is 11.5 Å². The van der Waals surface area contributed by atoms with Crippen molar-refractivity contribution < 1.29 is 18.7 Å². The zero-order valence-electron chi connectivity index (χ0n) is 16.9. The molecule has 1 heterocycles. The first-order chi connectivity index (χ1) is 14.8. The normalized spacial score (nSPS) is 29.1. The molecule has 1 aliphatic heterocycles. The van der Waals surface area contributed by atoms with E-state index in [0.29, 0.717) is 16.5 Å². The van der Waals surface area contributed by atoms with Crippen LogP contribution in [-0.4, -0.2) is 47.7 Å². The van der Waals surface area contributed by atoms with Crippen LogP contribution in [0.25, 0.3) is 0 Å². The topological polar surface area (TPSA) is 50.8 Å². The minimum absolute atomic E-state index is 0.00629. The van der Waals surface area contributed by atoms with Crippen molar-refractivity contribution in [1.29, 1.82) is 0 Å². The van der Waals surface area contributed by atoms with E-state index in [1.807, 2.05) is 0 Å². The van der Waals surface area contributed by atoms with E-state index in [9.17, 15) is 9.18 Å². The molecule has 0 spiro atoms. The number of carbonyl (C=O) groups is 1. The van der Waals surface area contributed by atoms with Gasteiger partial charge >= 0.3 is 0 Å². The molecule has 3 aliphatic carbocycles. The van der Waals surface area contributed by atoms with Gasteiger partial charge in [0.05, 0.1) is 5.02 Å². The highest BCUT2D eigenvalue weighted by molar-refractivity contribution is 6.30. The van der Waals surface area contributed by atoms with Crippen LogP contribution in [0.3, 0.4) is 0 Å². The van der Waals surface area contributed by atoms with E-state index in [-0.39, 0.29) is 34.7 Å². The summed E-state index contributed by atoms with van der Waals surface area (Å²) in [6.07, 6.45) is 3.80. The molecule has 6 rings (SSSR count). The third kappa shape index (κ3) is 4.09. The van der Waals surface area contributed by atoms with Crippen LogP contribution in [0, 0.1) is 5.82 Å². The smallest absolute Gasteiger partial charge is 0.258 e. The molecule has 1 unspecified atom stereocenters. The summed E-state index contributed by atoms with van der Waals surface area (Å²) in [7, 11) is 0. The average molecular weight is 465 g/mol. The second-order valence-electron chi connectivity index (χ2n) is 8.88. The maximum Gasteiger partial charge on any atom is 0.258 e. The highest BCUT2D eigenvalue weighted by Gasteiger charge is 2.71. The van der Waals surface area contributed by atoms with Gasteiger partial charge in [-0.2, -0.15) is 0 Å². The van der Waals surface area contributed by atoms with Crippen LogP contribution in [0.15, 0.2) is 42.5 Å². The van der Waals surface area contributed by atoms with Gasteiger partial charge in [0.1, 0.15) is 23.4 Å². The molecule has 5 nitrogen and oxygen atoms in total. The summed E-state index contributed by atoms with van der Waals surface area (Å²) in [5.74, 6) is 0.565. The van der Waals surface area contributed by atoms with Crippen molar-refractivity contribution in [3.8, 4) is 11.5 Å². The third-order valence-corrected chi connectivity index (χ3v) is 7.16. The van der Waals surface area contributed by atoms with Crippen LogP contribution in [0.1, 0.15) is 25.7 Å². The predicted octanol–water partition coefficient (Wildman–Crippen LogP) is 4.46. The summed E-state index contributed by atoms with van der Waals surface area (Å²) in [4.78, 5) is 14.8. The lowest BCUT2D eigenvalue weighted by molar-refractivity contribution is -0.179. The number of ether oxygens (including phenoxy) is 2. The van der Waals surface area contributed by atoms with Gasteiger partial charge < -0.3 is 14.8 Å². The van der Waals surface area contributed by atoms with Gasteiger partial charge in [-0.1, -0.05) is 23.2 Å². The molecule has 31 heavy (non-hydrogen) atoms. The van der Waals surface area contributed by atoms with E-state index in [0.717, 1.165) is 38.8 Å². The number of nitrogens with zero attached hydrogens (tertiary/aromatic N) is 1. The number of halogens is 3. The van der Waals surface area contributed by atoms with Crippen molar-refractivity contribution in [1.82, 2.24) is 10.2 Å². The molecular formula is C23H23Cl2FN2O3. The Morgan fingerprint density at radius 3 is 2.55 bits per heavy atom. The molecular weight excluding hydrogens is 442 g/mol. The summed E-state index contributed by atoms with van der Waals surface area (Å²) >= 11 is 11.6. The maximum absolute atomic E-state index is 13.6. The summed E-state index contributed by atoms with van der Waals surface area (Å²) in [5.41, 5.74) is 0.0619. The third-order valence-electron chi connectivity index (χ3n) is 6.60. The first kappa shape index (κ1) is 20.9. The van der Waals surface area contributed by atoms with Crippen molar-refractivity contribution in [2.75, 3.05) is 19.7 Å². The van der Waals surface area contributed by atoms with Crippen LogP contribution < -0.4 is 14.8 Å². The molecule has 0 radical (unpaired) electrons. The Hall–Kier alpha value is -2.02. The molecule has 1 amide bonds. The quantitative estimate of drug-likeness (QED) is 0.657. The van der Waals surface area contributed by atoms with Crippen molar-refractivity contribution in [2.45, 2.75) is 42.9 Å². The Kier molecular flexibility index (Phi) is 5.27. The Morgan fingerprint density at radius 2 is 1.84 bits per heavy atom. The molecule has 3 saturated carbocycles. The number of likely N-dealkylation sites (tertiary alicyclic amines) is 1. The minimum atomic E-state index is -0.467. The highest BCUT2D eigenvalue weighted by Crippen LogP contribution is 2.64. The van der Waals surface area contributed by atoms with Crippen molar-refractivity contribution in [2.24, 2.45) is 0 Å². The Morgan fingerprint density at radius 1 is 1.13 bits per heavy atom. The van der Waals surface area contributed by atoms with Gasteiger partial charge in [0, 0.05) is 35.3 Å². The monoisotopic (exact) mass is 464 g/mol. The molecule has 164 valence electrons.